The maximum absolute atomic E-state index is 13.4. The topological polar surface area (TPSA) is 68.0 Å². The van der Waals surface area contributed by atoms with Crippen molar-refractivity contribution in [3.8, 4) is 11.5 Å². The molecule has 0 saturated carbocycles. The number of nitrogens with one attached hydrogen (secondary N) is 1. The minimum absolute atomic E-state index is 0.219. The highest BCUT2D eigenvalue weighted by Crippen LogP contribution is 2.25. The zero-order valence-electron chi connectivity index (χ0n) is 15.7. The number of rotatable bonds is 5. The zero-order chi connectivity index (χ0) is 20.2. The van der Waals surface area contributed by atoms with Crippen molar-refractivity contribution < 1.29 is 13.6 Å². The van der Waals surface area contributed by atoms with Crippen molar-refractivity contribution >= 4 is 5.91 Å². The molecule has 3 aromatic carbocycles. The van der Waals surface area contributed by atoms with E-state index in [1.54, 1.807) is 24.3 Å². The van der Waals surface area contributed by atoms with E-state index in [1.165, 1.54) is 12.1 Å². The van der Waals surface area contributed by atoms with Crippen molar-refractivity contribution in [3.05, 3.63) is 107 Å². The van der Waals surface area contributed by atoms with Crippen LogP contribution >= 0.6 is 0 Å². The summed E-state index contributed by atoms with van der Waals surface area (Å²) in [7, 11) is 0. The Labute approximate surface area is 167 Å². The molecular weight excluding hydrogens is 369 g/mol. The number of aromatic nitrogens is 2. The summed E-state index contributed by atoms with van der Waals surface area (Å²) in [6.45, 7) is 1.92. The summed E-state index contributed by atoms with van der Waals surface area (Å²) in [5.41, 5.74) is 2.89. The Bertz CT molecular complexity index is 1120. The SMILES string of the molecule is Cc1cccc(C(=O)N[C@H](c2ccc(F)cc2)c2nnc(-c3ccccc3)o2)c1. The number of aryl methyl sites for hydroxylation is 1. The largest absolute Gasteiger partial charge is 0.418 e. The molecule has 144 valence electrons. The van der Waals surface area contributed by atoms with Crippen LogP contribution in [0, 0.1) is 12.7 Å². The Kier molecular flexibility index (Phi) is 5.16. The fourth-order valence-corrected chi connectivity index (χ4v) is 2.99. The van der Waals surface area contributed by atoms with Gasteiger partial charge in [-0.15, -0.1) is 10.2 Å². The van der Waals surface area contributed by atoms with E-state index in [4.69, 9.17) is 4.42 Å². The minimum Gasteiger partial charge on any atom is -0.418 e. The third kappa shape index (κ3) is 4.21. The molecule has 0 saturated heterocycles. The van der Waals surface area contributed by atoms with E-state index < -0.39 is 6.04 Å². The Morgan fingerprint density at radius 3 is 2.45 bits per heavy atom. The predicted molar refractivity (Wildman–Crippen MR) is 107 cm³/mol. The highest BCUT2D eigenvalue weighted by molar-refractivity contribution is 5.94. The summed E-state index contributed by atoms with van der Waals surface area (Å²) < 4.78 is 19.3. The Morgan fingerprint density at radius 1 is 0.966 bits per heavy atom. The second kappa shape index (κ2) is 8.06. The van der Waals surface area contributed by atoms with Crippen LogP contribution in [0.5, 0.6) is 0 Å². The molecule has 1 heterocycles. The van der Waals surface area contributed by atoms with Crippen LogP contribution in [-0.4, -0.2) is 16.1 Å². The van der Waals surface area contributed by atoms with Crippen LogP contribution < -0.4 is 5.32 Å². The standard InChI is InChI=1S/C23H18FN3O2/c1-15-6-5-9-18(14-15)21(28)25-20(16-10-12-19(24)13-11-16)23-27-26-22(29-23)17-7-3-2-4-8-17/h2-14,20H,1H3,(H,25,28)/t20-/m1/s1. The normalized spacial score (nSPS) is 11.8. The van der Waals surface area contributed by atoms with Gasteiger partial charge >= 0.3 is 0 Å². The van der Waals surface area contributed by atoms with Crippen molar-refractivity contribution in [1.29, 1.82) is 0 Å². The van der Waals surface area contributed by atoms with Gasteiger partial charge in [0.1, 0.15) is 11.9 Å². The van der Waals surface area contributed by atoms with Gasteiger partial charge in [0.15, 0.2) is 0 Å². The second-order valence-corrected chi connectivity index (χ2v) is 6.64. The number of carbonyl (C=O) groups is 1. The number of hydrogen-bond acceptors (Lipinski definition) is 4. The van der Waals surface area contributed by atoms with Crippen molar-refractivity contribution in [2.75, 3.05) is 0 Å². The van der Waals surface area contributed by atoms with Crippen molar-refractivity contribution in [1.82, 2.24) is 15.5 Å². The molecule has 5 nitrogen and oxygen atoms in total. The highest BCUT2D eigenvalue weighted by Gasteiger charge is 2.24. The summed E-state index contributed by atoms with van der Waals surface area (Å²) in [5, 5.41) is 11.2. The molecule has 1 N–H and O–H groups in total. The quantitative estimate of drug-likeness (QED) is 0.539. The molecule has 0 radical (unpaired) electrons. The van der Waals surface area contributed by atoms with Gasteiger partial charge in [0.05, 0.1) is 0 Å². The average molecular weight is 387 g/mol. The second-order valence-electron chi connectivity index (χ2n) is 6.64. The number of benzene rings is 3. The third-order valence-corrected chi connectivity index (χ3v) is 4.47. The van der Waals surface area contributed by atoms with Crippen molar-refractivity contribution in [2.45, 2.75) is 13.0 Å². The Balaban J connectivity index is 1.68. The first-order chi connectivity index (χ1) is 14.1. The lowest BCUT2D eigenvalue weighted by molar-refractivity contribution is 0.0938. The van der Waals surface area contributed by atoms with Gasteiger partial charge in [0.25, 0.3) is 5.91 Å². The summed E-state index contributed by atoms with van der Waals surface area (Å²) >= 11 is 0. The van der Waals surface area contributed by atoms with E-state index in [0.29, 0.717) is 17.0 Å². The van der Waals surface area contributed by atoms with E-state index >= 15 is 0 Å². The number of nitrogens with zero attached hydrogens (tertiary/aromatic N) is 2. The van der Waals surface area contributed by atoms with Crippen LogP contribution in [0.25, 0.3) is 11.5 Å². The van der Waals surface area contributed by atoms with Gasteiger partial charge in [0.2, 0.25) is 11.8 Å². The van der Waals surface area contributed by atoms with Gasteiger partial charge < -0.3 is 9.73 Å². The molecule has 0 spiro atoms. The van der Waals surface area contributed by atoms with Crippen molar-refractivity contribution in [3.63, 3.8) is 0 Å². The van der Waals surface area contributed by atoms with Crippen LogP contribution in [0.3, 0.4) is 0 Å². The summed E-state index contributed by atoms with van der Waals surface area (Å²) in [6, 6.07) is 21.7. The molecule has 0 aliphatic heterocycles. The molecule has 29 heavy (non-hydrogen) atoms. The van der Waals surface area contributed by atoms with Crippen LogP contribution in [0.1, 0.15) is 33.4 Å². The number of amides is 1. The molecule has 1 aromatic heterocycles. The molecule has 1 amide bonds. The van der Waals surface area contributed by atoms with Gasteiger partial charge in [-0.05, 0) is 48.9 Å². The minimum atomic E-state index is -0.714. The third-order valence-electron chi connectivity index (χ3n) is 4.47. The molecule has 1 atom stereocenters. The molecule has 0 fully saturated rings. The Hall–Kier alpha value is -3.80. The lowest BCUT2D eigenvalue weighted by Crippen LogP contribution is -2.29. The molecule has 0 unspecified atom stereocenters. The first kappa shape index (κ1) is 18.6. The summed E-state index contributed by atoms with van der Waals surface area (Å²) in [5.74, 6) is -0.0931. The van der Waals surface area contributed by atoms with E-state index in [9.17, 15) is 9.18 Å². The molecule has 0 bridgehead atoms. The molecule has 0 aliphatic carbocycles. The van der Waals surface area contributed by atoms with E-state index in [0.717, 1.165) is 11.1 Å². The Morgan fingerprint density at radius 2 is 1.72 bits per heavy atom. The van der Waals surface area contributed by atoms with Crippen LogP contribution in [0.15, 0.2) is 83.3 Å². The van der Waals surface area contributed by atoms with E-state index in [-0.39, 0.29) is 17.6 Å². The molecule has 6 heteroatoms. The zero-order valence-corrected chi connectivity index (χ0v) is 15.7. The maximum Gasteiger partial charge on any atom is 0.252 e. The molecule has 4 rings (SSSR count). The van der Waals surface area contributed by atoms with Gasteiger partial charge in [-0.1, -0.05) is 48.0 Å². The first-order valence-electron chi connectivity index (χ1n) is 9.12. The lowest BCUT2D eigenvalue weighted by atomic mass is 10.1. The fraction of sp³-hybridized carbons (Fsp3) is 0.0870. The summed E-state index contributed by atoms with van der Waals surface area (Å²) in [6.07, 6.45) is 0. The summed E-state index contributed by atoms with van der Waals surface area (Å²) in [4.78, 5) is 12.8. The van der Waals surface area contributed by atoms with Gasteiger partial charge in [0, 0.05) is 11.1 Å². The smallest absolute Gasteiger partial charge is 0.252 e. The average Bonchev–Trinajstić information content (AvgIpc) is 3.23. The molecular formula is C23H18FN3O2. The van der Waals surface area contributed by atoms with Gasteiger partial charge in [-0.3, -0.25) is 4.79 Å². The molecule has 0 aliphatic rings. The van der Waals surface area contributed by atoms with E-state index in [2.05, 4.69) is 15.5 Å². The van der Waals surface area contributed by atoms with Crippen LogP contribution in [0.4, 0.5) is 4.39 Å². The maximum atomic E-state index is 13.4. The number of halogens is 1. The van der Waals surface area contributed by atoms with Gasteiger partial charge in [-0.2, -0.15) is 0 Å². The van der Waals surface area contributed by atoms with Crippen molar-refractivity contribution in [2.24, 2.45) is 0 Å². The lowest BCUT2D eigenvalue weighted by Gasteiger charge is -2.16. The predicted octanol–water partition coefficient (Wildman–Crippen LogP) is 4.70. The highest BCUT2D eigenvalue weighted by atomic mass is 19.1. The first-order valence-corrected chi connectivity index (χ1v) is 9.12. The number of hydrogen-bond donors (Lipinski definition) is 1. The monoisotopic (exact) mass is 387 g/mol. The van der Waals surface area contributed by atoms with Crippen LogP contribution in [0.2, 0.25) is 0 Å². The molecule has 4 aromatic rings. The number of carbonyl (C=O) groups excluding carboxylic acids is 1. The van der Waals surface area contributed by atoms with E-state index in [1.807, 2.05) is 49.4 Å². The van der Waals surface area contributed by atoms with Gasteiger partial charge in [-0.25, -0.2) is 4.39 Å². The van der Waals surface area contributed by atoms with Crippen LogP contribution in [-0.2, 0) is 0 Å². The fourth-order valence-electron chi connectivity index (χ4n) is 2.99.